The maximum atomic E-state index is 6.56. The highest BCUT2D eigenvalue weighted by molar-refractivity contribution is 6.14. The lowest BCUT2D eigenvalue weighted by Gasteiger charge is -2.34. The van der Waals surface area contributed by atoms with E-state index in [0.29, 0.717) is 0 Å². The van der Waals surface area contributed by atoms with E-state index >= 15 is 0 Å². The van der Waals surface area contributed by atoms with Gasteiger partial charge in [0.15, 0.2) is 0 Å². The maximum absolute atomic E-state index is 6.56. The third kappa shape index (κ3) is 5.45. The van der Waals surface area contributed by atoms with Crippen LogP contribution >= 0.6 is 0 Å². The van der Waals surface area contributed by atoms with Gasteiger partial charge in [0.1, 0.15) is 22.3 Å². The van der Waals surface area contributed by atoms with E-state index in [4.69, 9.17) is 8.83 Å². The number of benzene rings is 11. The van der Waals surface area contributed by atoms with Crippen molar-refractivity contribution in [1.82, 2.24) is 4.57 Å². The zero-order chi connectivity index (χ0) is 45.2. The molecular weight excluding hydrogens is 841 g/mol. The van der Waals surface area contributed by atoms with Gasteiger partial charge in [-0.2, -0.15) is 0 Å². The molecule has 1 aliphatic rings. The molecule has 11 aromatic carbocycles. The van der Waals surface area contributed by atoms with Crippen LogP contribution < -0.4 is 4.90 Å². The number of fused-ring (bicyclic) bond motifs is 13. The van der Waals surface area contributed by atoms with Crippen molar-refractivity contribution in [2.24, 2.45) is 0 Å². The molecule has 15 rings (SSSR count). The Kier molecular flexibility index (Phi) is 7.96. The molecule has 0 saturated heterocycles. The molecule has 1 aliphatic carbocycles. The predicted molar refractivity (Wildman–Crippen MR) is 285 cm³/mol. The Balaban J connectivity index is 1.01. The lowest BCUT2D eigenvalue weighted by atomic mass is 9.67. The molecule has 0 fully saturated rings. The summed E-state index contributed by atoms with van der Waals surface area (Å²) in [6, 6.07) is 88.4. The van der Waals surface area contributed by atoms with Crippen molar-refractivity contribution in [3.05, 3.63) is 265 Å². The number of aromatic nitrogens is 1. The fraction of sp³-hybridized carbons (Fsp3) is 0.0154. The second-order valence-corrected chi connectivity index (χ2v) is 18.4. The van der Waals surface area contributed by atoms with Crippen molar-refractivity contribution in [2.45, 2.75) is 5.41 Å². The van der Waals surface area contributed by atoms with Gasteiger partial charge in [0.05, 0.1) is 16.4 Å². The molecule has 0 saturated carbocycles. The molecule has 0 bridgehead atoms. The summed E-state index contributed by atoms with van der Waals surface area (Å²) >= 11 is 0. The second kappa shape index (κ2) is 14.4. The zero-order valence-electron chi connectivity index (χ0n) is 37.3. The smallest absolute Gasteiger partial charge is 0.136 e. The van der Waals surface area contributed by atoms with Crippen molar-refractivity contribution in [3.63, 3.8) is 0 Å². The first-order valence-corrected chi connectivity index (χ1v) is 23.6. The average Bonchev–Trinajstić information content (AvgIpc) is 4.15. The molecule has 14 aromatic rings. The SMILES string of the molecule is c1ccc(-n2c3ccc(N(c4ccc5oc6ccccc6c5c4)c4ccc5oc6cc7ccccc7cc6c5c4)cc3c3cc(C4(c5ccccc5)c5ccccc5-c5ccccc54)ccc32)cc1. The molecule has 69 heavy (non-hydrogen) atoms. The first kappa shape index (κ1) is 38.0. The van der Waals surface area contributed by atoms with Crippen molar-refractivity contribution < 1.29 is 8.83 Å². The Morgan fingerprint density at radius 3 is 1.52 bits per heavy atom. The van der Waals surface area contributed by atoms with Gasteiger partial charge in [0.25, 0.3) is 0 Å². The van der Waals surface area contributed by atoms with E-state index in [0.717, 1.165) is 88.4 Å². The third-order valence-corrected chi connectivity index (χ3v) is 14.8. The molecule has 0 amide bonds. The lowest BCUT2D eigenvalue weighted by Crippen LogP contribution is -2.28. The summed E-state index contributed by atoms with van der Waals surface area (Å²) in [6.45, 7) is 0. The Bertz CT molecular complexity index is 4340. The lowest BCUT2D eigenvalue weighted by molar-refractivity contribution is 0.669. The number of hydrogen-bond acceptors (Lipinski definition) is 3. The number of para-hydroxylation sites is 2. The highest BCUT2D eigenvalue weighted by Gasteiger charge is 2.46. The molecule has 0 N–H and O–H groups in total. The van der Waals surface area contributed by atoms with Crippen molar-refractivity contribution >= 4 is 93.5 Å². The molecule has 0 aliphatic heterocycles. The van der Waals surface area contributed by atoms with E-state index in [9.17, 15) is 0 Å². The Labute approximate surface area is 397 Å². The number of nitrogens with zero attached hydrogens (tertiary/aromatic N) is 2. The Morgan fingerprint density at radius 2 is 0.812 bits per heavy atom. The average molecular weight is 881 g/mol. The number of anilines is 3. The van der Waals surface area contributed by atoms with Crippen molar-refractivity contribution in [3.8, 4) is 16.8 Å². The summed E-state index contributed by atoms with van der Waals surface area (Å²) in [5.74, 6) is 0. The number of rotatable bonds is 6. The summed E-state index contributed by atoms with van der Waals surface area (Å²) < 4.78 is 15.4. The minimum absolute atomic E-state index is 0.537. The number of hydrogen-bond donors (Lipinski definition) is 0. The van der Waals surface area contributed by atoms with Crippen LogP contribution in [0.4, 0.5) is 17.1 Å². The minimum Gasteiger partial charge on any atom is -0.456 e. The molecule has 3 heterocycles. The van der Waals surface area contributed by atoms with Crippen LogP contribution in [0, 0.1) is 0 Å². The van der Waals surface area contributed by atoms with Gasteiger partial charge in [-0.25, -0.2) is 0 Å². The zero-order valence-corrected chi connectivity index (χ0v) is 37.3. The minimum atomic E-state index is -0.537. The summed E-state index contributed by atoms with van der Waals surface area (Å²) in [4.78, 5) is 2.39. The first-order chi connectivity index (χ1) is 34.2. The van der Waals surface area contributed by atoms with E-state index in [1.165, 1.54) is 44.2 Å². The molecule has 322 valence electrons. The third-order valence-electron chi connectivity index (χ3n) is 14.8. The summed E-state index contributed by atoms with van der Waals surface area (Å²) in [7, 11) is 0. The van der Waals surface area contributed by atoms with Gasteiger partial charge < -0.3 is 18.3 Å². The fourth-order valence-corrected chi connectivity index (χ4v) is 11.8. The van der Waals surface area contributed by atoms with Gasteiger partial charge in [-0.1, -0.05) is 146 Å². The topological polar surface area (TPSA) is 34.5 Å². The van der Waals surface area contributed by atoms with Crippen LogP contribution in [0.1, 0.15) is 22.3 Å². The van der Waals surface area contributed by atoms with Gasteiger partial charge in [-0.3, -0.25) is 0 Å². The van der Waals surface area contributed by atoms with Gasteiger partial charge >= 0.3 is 0 Å². The van der Waals surface area contributed by atoms with Crippen LogP contribution in [0.25, 0.3) is 93.3 Å². The van der Waals surface area contributed by atoms with E-state index in [1.54, 1.807) is 0 Å². The number of furan rings is 2. The summed E-state index contributed by atoms with van der Waals surface area (Å²) in [5, 5.41) is 9.03. The standard InChI is InChI=1S/C65H40N2O2/c1-3-17-43(18-4-1)65(57-24-12-9-21-49(57)50-22-10-13-25-58(50)65)44-27-31-59-52(37-44)53-38-46(28-32-60(53)67(59)45-19-5-2-6-20-45)66(47-29-33-62-55(39-47)51-23-11-14-26-61(51)68-62)48-30-34-63-56(40-48)54-35-41-15-7-8-16-42(41)36-64(54)69-63/h1-40H. The molecule has 0 unspecified atom stereocenters. The molecule has 0 atom stereocenters. The Morgan fingerprint density at radius 1 is 0.319 bits per heavy atom. The predicted octanol–water partition coefficient (Wildman–Crippen LogP) is 17.6. The maximum Gasteiger partial charge on any atom is 0.136 e. The van der Waals surface area contributed by atoms with Crippen LogP contribution in [-0.4, -0.2) is 4.57 Å². The highest BCUT2D eigenvalue weighted by Crippen LogP contribution is 2.57. The van der Waals surface area contributed by atoms with Crippen LogP contribution in [0.3, 0.4) is 0 Å². The molecular formula is C65H40N2O2. The molecule has 0 radical (unpaired) electrons. The molecule has 4 nitrogen and oxygen atoms in total. The summed E-state index contributed by atoms with van der Waals surface area (Å²) in [5.41, 5.74) is 17.1. The van der Waals surface area contributed by atoms with Gasteiger partial charge in [-0.15, -0.1) is 0 Å². The highest BCUT2D eigenvalue weighted by atomic mass is 16.3. The van der Waals surface area contributed by atoms with Crippen LogP contribution in [0.5, 0.6) is 0 Å². The van der Waals surface area contributed by atoms with Gasteiger partial charge in [-0.05, 0) is 141 Å². The van der Waals surface area contributed by atoms with E-state index in [1.807, 2.05) is 12.1 Å². The van der Waals surface area contributed by atoms with Crippen molar-refractivity contribution in [2.75, 3.05) is 4.90 Å². The Hall–Kier alpha value is -9.12. The first-order valence-electron chi connectivity index (χ1n) is 23.6. The van der Waals surface area contributed by atoms with E-state index < -0.39 is 5.41 Å². The van der Waals surface area contributed by atoms with Crippen LogP contribution in [0.2, 0.25) is 0 Å². The molecule has 0 spiro atoms. The normalized spacial score (nSPS) is 13.0. The molecule has 4 heteroatoms. The van der Waals surface area contributed by atoms with Crippen molar-refractivity contribution in [1.29, 1.82) is 0 Å². The van der Waals surface area contributed by atoms with E-state index in [2.05, 4.69) is 240 Å². The summed E-state index contributed by atoms with van der Waals surface area (Å²) in [6.07, 6.45) is 0. The monoisotopic (exact) mass is 880 g/mol. The fourth-order valence-electron chi connectivity index (χ4n) is 11.8. The van der Waals surface area contributed by atoms with Crippen LogP contribution in [-0.2, 0) is 5.41 Å². The quantitative estimate of drug-likeness (QED) is 0.167. The van der Waals surface area contributed by atoms with Gasteiger partial charge in [0.2, 0.25) is 0 Å². The van der Waals surface area contributed by atoms with Crippen LogP contribution in [0.15, 0.2) is 251 Å². The largest absolute Gasteiger partial charge is 0.456 e. The van der Waals surface area contributed by atoms with Gasteiger partial charge in [0, 0.05) is 55.1 Å². The molecule has 3 aromatic heterocycles. The van der Waals surface area contributed by atoms with E-state index in [-0.39, 0.29) is 0 Å². The second-order valence-electron chi connectivity index (χ2n) is 18.4.